The summed E-state index contributed by atoms with van der Waals surface area (Å²) in [5, 5.41) is 12.3. The Labute approximate surface area is 268 Å². The fourth-order valence-corrected chi connectivity index (χ4v) is 6.09. The number of benzene rings is 3. The summed E-state index contributed by atoms with van der Waals surface area (Å²) in [5.41, 5.74) is 3.28. The van der Waals surface area contributed by atoms with Gasteiger partial charge in [0, 0.05) is 16.3 Å². The standard InChI is InChI=1S/C31H31BrClN5O4S/c1-5-41-24-14-10-9-13-23(24)35-29(39)26-18(3)34-30-36-31(43-6-2)37-38(30)27(26)20-15-21(32)28(25(16-20)40-4)42-17-19-11-7-8-12-22(19)33/h7-16,27H,5-6,17H2,1-4H3,(H,35,39)(H,34,36,37). The Morgan fingerprint density at radius 3 is 2.63 bits per heavy atom. The Morgan fingerprint density at radius 1 is 1.12 bits per heavy atom. The number of methoxy groups -OCH3 is 1. The molecule has 0 saturated carbocycles. The normalized spacial score (nSPS) is 14.1. The summed E-state index contributed by atoms with van der Waals surface area (Å²) in [6.07, 6.45) is 0. The van der Waals surface area contributed by atoms with Crippen LogP contribution in [0.3, 0.4) is 0 Å². The first-order chi connectivity index (χ1) is 20.8. The average molecular weight is 685 g/mol. The number of amides is 1. The van der Waals surface area contributed by atoms with Crippen molar-refractivity contribution in [1.29, 1.82) is 0 Å². The highest BCUT2D eigenvalue weighted by Crippen LogP contribution is 2.44. The summed E-state index contributed by atoms with van der Waals surface area (Å²) in [4.78, 5) is 18.7. The third-order valence-electron chi connectivity index (χ3n) is 6.68. The second-order valence-corrected chi connectivity index (χ2v) is 12.0. The molecule has 1 amide bonds. The molecule has 12 heteroatoms. The minimum absolute atomic E-state index is 0.248. The summed E-state index contributed by atoms with van der Waals surface area (Å²) in [6, 6.07) is 18.0. The van der Waals surface area contributed by atoms with Crippen LogP contribution in [0.5, 0.6) is 17.2 Å². The van der Waals surface area contributed by atoms with Gasteiger partial charge in [0.15, 0.2) is 11.5 Å². The largest absolute Gasteiger partial charge is 0.493 e. The number of carbonyl (C=O) groups excluding carboxylic acids is 1. The van der Waals surface area contributed by atoms with Crippen LogP contribution in [0, 0.1) is 0 Å². The van der Waals surface area contributed by atoms with Crippen LogP contribution in [-0.4, -0.2) is 40.1 Å². The predicted octanol–water partition coefficient (Wildman–Crippen LogP) is 7.72. The van der Waals surface area contributed by atoms with Crippen molar-refractivity contribution < 1.29 is 19.0 Å². The Morgan fingerprint density at radius 2 is 1.88 bits per heavy atom. The number of hydrogen-bond acceptors (Lipinski definition) is 8. The van der Waals surface area contributed by atoms with Gasteiger partial charge in [0.05, 0.1) is 29.4 Å². The van der Waals surface area contributed by atoms with Gasteiger partial charge in [-0.05, 0) is 71.4 Å². The molecule has 1 unspecified atom stereocenters. The van der Waals surface area contributed by atoms with Gasteiger partial charge in [0.25, 0.3) is 5.91 Å². The summed E-state index contributed by atoms with van der Waals surface area (Å²) >= 11 is 11.6. The van der Waals surface area contributed by atoms with Crippen LogP contribution >= 0.6 is 39.3 Å². The Hall–Kier alpha value is -3.67. The second-order valence-electron chi connectivity index (χ2n) is 9.46. The van der Waals surface area contributed by atoms with Crippen molar-refractivity contribution in [3.8, 4) is 17.2 Å². The first-order valence-electron chi connectivity index (χ1n) is 13.7. The lowest BCUT2D eigenvalue weighted by Gasteiger charge is -2.29. The molecule has 0 bridgehead atoms. The molecule has 43 heavy (non-hydrogen) atoms. The Kier molecular flexibility index (Phi) is 9.84. The summed E-state index contributed by atoms with van der Waals surface area (Å²) < 4.78 is 20.1. The second kappa shape index (κ2) is 13.7. The lowest BCUT2D eigenvalue weighted by Crippen LogP contribution is -2.31. The van der Waals surface area contributed by atoms with E-state index in [-0.39, 0.29) is 12.5 Å². The van der Waals surface area contributed by atoms with Gasteiger partial charge in [-0.25, -0.2) is 4.68 Å². The van der Waals surface area contributed by atoms with Crippen LogP contribution in [0.15, 0.2) is 81.6 Å². The van der Waals surface area contributed by atoms with Gasteiger partial charge in [-0.15, -0.1) is 5.10 Å². The van der Waals surface area contributed by atoms with E-state index in [0.29, 0.717) is 61.4 Å². The highest BCUT2D eigenvalue weighted by molar-refractivity contribution is 9.10. The number of halogens is 2. The molecular weight excluding hydrogens is 654 g/mol. The number of rotatable bonds is 11. The number of anilines is 2. The fourth-order valence-electron chi connectivity index (χ4n) is 4.77. The maximum Gasteiger partial charge on any atom is 0.255 e. The lowest BCUT2D eigenvalue weighted by molar-refractivity contribution is -0.113. The van der Waals surface area contributed by atoms with Crippen LogP contribution in [0.25, 0.3) is 0 Å². The van der Waals surface area contributed by atoms with E-state index in [2.05, 4.69) is 31.5 Å². The van der Waals surface area contributed by atoms with Gasteiger partial charge in [-0.2, -0.15) is 4.98 Å². The molecule has 1 aromatic heterocycles. The summed E-state index contributed by atoms with van der Waals surface area (Å²) in [7, 11) is 1.58. The average Bonchev–Trinajstić information content (AvgIpc) is 3.39. The molecule has 0 aliphatic carbocycles. The van der Waals surface area contributed by atoms with Gasteiger partial charge < -0.3 is 24.8 Å². The van der Waals surface area contributed by atoms with Gasteiger partial charge in [-0.1, -0.05) is 60.6 Å². The Bertz CT molecular complexity index is 1680. The van der Waals surface area contributed by atoms with E-state index in [4.69, 9.17) is 30.9 Å². The van der Waals surface area contributed by atoms with Crippen molar-refractivity contribution in [2.45, 2.75) is 38.6 Å². The fraction of sp³-hybridized carbons (Fsp3) is 0.258. The molecule has 2 heterocycles. The van der Waals surface area contributed by atoms with Crippen LogP contribution in [0.4, 0.5) is 11.6 Å². The molecule has 0 fully saturated rings. The van der Waals surface area contributed by atoms with E-state index >= 15 is 0 Å². The number of para-hydroxylation sites is 2. The van der Waals surface area contributed by atoms with Crippen molar-refractivity contribution >= 4 is 56.8 Å². The summed E-state index contributed by atoms with van der Waals surface area (Å²) in [5.74, 6) is 2.63. The number of carbonyl (C=O) groups is 1. The van der Waals surface area contributed by atoms with E-state index in [0.717, 1.165) is 16.9 Å². The highest BCUT2D eigenvalue weighted by Gasteiger charge is 2.35. The molecule has 5 rings (SSSR count). The minimum Gasteiger partial charge on any atom is -0.493 e. The molecule has 1 atom stereocenters. The third kappa shape index (κ3) is 6.63. The number of aromatic nitrogens is 3. The molecule has 0 spiro atoms. The SMILES string of the molecule is CCOc1ccccc1NC(=O)C1=C(C)Nc2nc(SCC)nn2C1c1cc(Br)c(OCc2ccccc2Cl)c(OC)c1. The number of thioether (sulfide) groups is 1. The van der Waals surface area contributed by atoms with Gasteiger partial charge >= 0.3 is 0 Å². The molecule has 0 radical (unpaired) electrons. The highest BCUT2D eigenvalue weighted by atomic mass is 79.9. The quantitative estimate of drug-likeness (QED) is 0.155. The van der Waals surface area contributed by atoms with Crippen LogP contribution in [0.1, 0.15) is 37.9 Å². The molecule has 224 valence electrons. The Balaban J connectivity index is 1.56. The molecule has 1 aliphatic heterocycles. The number of nitrogens with zero attached hydrogens (tertiary/aromatic N) is 3. The zero-order valence-electron chi connectivity index (χ0n) is 24.1. The molecule has 2 N–H and O–H groups in total. The number of allylic oxidation sites excluding steroid dienone is 1. The van der Waals surface area contributed by atoms with Gasteiger partial charge in [-0.3, -0.25) is 4.79 Å². The van der Waals surface area contributed by atoms with E-state index < -0.39 is 6.04 Å². The van der Waals surface area contributed by atoms with Gasteiger partial charge in [0.1, 0.15) is 18.4 Å². The number of fused-ring (bicyclic) bond motifs is 1. The number of ether oxygens (including phenoxy) is 3. The third-order valence-corrected chi connectivity index (χ3v) is 8.36. The number of hydrogen-bond donors (Lipinski definition) is 2. The van der Waals surface area contributed by atoms with Crippen molar-refractivity contribution in [3.63, 3.8) is 0 Å². The molecule has 3 aromatic carbocycles. The molecular formula is C31H31BrClN5O4S. The molecule has 0 saturated heterocycles. The van der Waals surface area contributed by atoms with Gasteiger partial charge in [0.2, 0.25) is 11.1 Å². The van der Waals surface area contributed by atoms with E-state index in [1.165, 1.54) is 11.8 Å². The minimum atomic E-state index is -0.628. The molecule has 4 aromatic rings. The lowest BCUT2D eigenvalue weighted by atomic mass is 9.94. The van der Waals surface area contributed by atoms with Crippen LogP contribution in [0.2, 0.25) is 5.02 Å². The van der Waals surface area contributed by atoms with E-state index in [1.54, 1.807) is 11.8 Å². The van der Waals surface area contributed by atoms with Crippen molar-refractivity contribution in [2.75, 3.05) is 30.1 Å². The zero-order chi connectivity index (χ0) is 30.5. The maximum atomic E-state index is 14.0. The van der Waals surface area contributed by atoms with E-state index in [9.17, 15) is 4.79 Å². The monoisotopic (exact) mass is 683 g/mol. The van der Waals surface area contributed by atoms with Crippen molar-refractivity contribution in [1.82, 2.24) is 14.8 Å². The maximum absolute atomic E-state index is 14.0. The molecule has 9 nitrogen and oxygen atoms in total. The topological polar surface area (TPSA) is 99.5 Å². The smallest absolute Gasteiger partial charge is 0.255 e. The summed E-state index contributed by atoms with van der Waals surface area (Å²) in [6.45, 7) is 6.51. The zero-order valence-corrected chi connectivity index (χ0v) is 27.3. The first-order valence-corrected chi connectivity index (χ1v) is 15.8. The van der Waals surface area contributed by atoms with Crippen LogP contribution in [-0.2, 0) is 11.4 Å². The van der Waals surface area contributed by atoms with E-state index in [1.807, 2.05) is 81.4 Å². The van der Waals surface area contributed by atoms with Crippen molar-refractivity contribution in [2.24, 2.45) is 0 Å². The molecule has 1 aliphatic rings. The van der Waals surface area contributed by atoms with Crippen molar-refractivity contribution in [3.05, 3.63) is 92.6 Å². The first kappa shape index (κ1) is 30.8. The van der Waals surface area contributed by atoms with Crippen LogP contribution < -0.4 is 24.8 Å². The number of nitrogens with one attached hydrogen (secondary N) is 2. The predicted molar refractivity (Wildman–Crippen MR) is 174 cm³/mol.